The van der Waals surface area contributed by atoms with Crippen LogP contribution in [0.3, 0.4) is 0 Å². The minimum atomic E-state index is -0.392. The Hall–Kier alpha value is -4.65. The molecule has 8 aromatic heterocycles. The first-order valence-corrected chi connectivity index (χ1v) is 17.3. The molecule has 1 fully saturated rings. The maximum absolute atomic E-state index is 6.01. The van der Waals surface area contributed by atoms with E-state index in [2.05, 4.69) is 66.1 Å². The van der Waals surface area contributed by atoms with Gasteiger partial charge in [-0.3, -0.25) is 24.9 Å². The van der Waals surface area contributed by atoms with Crippen molar-refractivity contribution in [2.75, 3.05) is 0 Å². The quantitative estimate of drug-likeness (QED) is 0.184. The van der Waals surface area contributed by atoms with E-state index >= 15 is 0 Å². The number of halogens is 4. The zero-order chi connectivity index (χ0) is 36.9. The minimum Gasteiger partial charge on any atom is -0.399 e. The van der Waals surface area contributed by atoms with E-state index in [1.807, 2.05) is 33.9 Å². The highest BCUT2D eigenvalue weighted by Gasteiger charge is 2.52. The van der Waals surface area contributed by atoms with Crippen LogP contribution in [0, 0.1) is 0 Å². The number of rotatable bonds is 2. The fourth-order valence-electron chi connectivity index (χ4n) is 4.63. The lowest BCUT2D eigenvalue weighted by molar-refractivity contribution is 0.00578. The molecule has 0 bridgehead atoms. The summed E-state index contributed by atoms with van der Waals surface area (Å²) in [5, 5.41) is 13.5. The van der Waals surface area contributed by atoms with E-state index in [-0.39, 0.29) is 11.2 Å². The van der Waals surface area contributed by atoms with E-state index in [1.54, 1.807) is 87.9 Å². The topological polar surface area (TPSA) is 161 Å². The lowest BCUT2D eigenvalue weighted by atomic mass is 9.80. The van der Waals surface area contributed by atoms with Crippen LogP contribution in [0.15, 0.2) is 104 Å². The molecular formula is C32H28BBrCl3N13O2. The predicted octanol–water partition coefficient (Wildman–Crippen LogP) is 6.14. The Morgan fingerprint density at radius 3 is 1.60 bits per heavy atom. The number of fused-ring (bicyclic) bond motifs is 3. The zero-order valence-corrected chi connectivity index (χ0v) is 31.8. The first kappa shape index (κ1) is 37.1. The highest BCUT2D eigenvalue weighted by atomic mass is 79.9. The van der Waals surface area contributed by atoms with Gasteiger partial charge in [0.15, 0.2) is 0 Å². The summed E-state index contributed by atoms with van der Waals surface area (Å²) in [5.41, 5.74) is 4.57. The molecule has 52 heavy (non-hydrogen) atoms. The second kappa shape index (κ2) is 15.9. The van der Waals surface area contributed by atoms with Gasteiger partial charge in [0.25, 0.3) is 0 Å². The van der Waals surface area contributed by atoms with Crippen molar-refractivity contribution in [1.82, 2.24) is 63.7 Å². The van der Waals surface area contributed by atoms with Crippen molar-refractivity contribution >= 4 is 79.9 Å². The molecule has 0 aliphatic carbocycles. The molecule has 0 unspecified atom stereocenters. The van der Waals surface area contributed by atoms with Crippen LogP contribution in [0.1, 0.15) is 27.7 Å². The summed E-state index contributed by atoms with van der Waals surface area (Å²) in [6.45, 7) is 8.15. The minimum absolute atomic E-state index is 0.317. The van der Waals surface area contributed by atoms with Crippen LogP contribution in [-0.2, 0) is 9.31 Å². The molecule has 9 heterocycles. The first-order chi connectivity index (χ1) is 24.9. The Labute approximate surface area is 320 Å². The molecule has 15 nitrogen and oxygen atoms in total. The molecule has 20 heteroatoms. The Balaban J connectivity index is 0.000000125. The lowest BCUT2D eigenvalue weighted by Gasteiger charge is -2.32. The average molecular weight is 824 g/mol. The van der Waals surface area contributed by atoms with Crippen molar-refractivity contribution in [3.63, 3.8) is 0 Å². The molecule has 1 aliphatic heterocycles. The summed E-state index contributed by atoms with van der Waals surface area (Å²) in [6, 6.07) is 0. The summed E-state index contributed by atoms with van der Waals surface area (Å²) in [4.78, 5) is 27.6. The van der Waals surface area contributed by atoms with Gasteiger partial charge >= 0.3 is 7.12 Å². The van der Waals surface area contributed by atoms with Crippen LogP contribution in [0.4, 0.5) is 0 Å². The number of aromatic nitrogens is 13. The standard InChI is InChI=1S/C12H16BN3O2.C10H6ClN5.C6H4BrN3.C4H2Cl2N2/c1-11(2)12(3,4)18-13(17-11)9-7-15-16-6-5-14-8-10(9)16;11-10-6-13-4-8(15-10)7-3-14-16-2-1-12-5-9(7)16;7-5-3-9-10-2-1-8-4-6(5)10;5-3-1-7-2-4(6)8-3/h5-8H,1-4H3;1-6H;1-4H;1-2H. The molecule has 0 N–H and O–H groups in total. The second-order valence-corrected chi connectivity index (χ2v) is 13.9. The van der Waals surface area contributed by atoms with Gasteiger partial charge in [0.05, 0.1) is 93.7 Å². The van der Waals surface area contributed by atoms with Gasteiger partial charge in [0.1, 0.15) is 15.5 Å². The largest absolute Gasteiger partial charge is 0.498 e. The smallest absolute Gasteiger partial charge is 0.399 e. The average Bonchev–Trinajstić information content (AvgIpc) is 3.89. The van der Waals surface area contributed by atoms with Crippen LogP contribution >= 0.6 is 50.7 Å². The van der Waals surface area contributed by atoms with Crippen molar-refractivity contribution in [3.05, 3.63) is 119 Å². The Bertz CT molecular complexity index is 2410. The molecule has 0 atom stereocenters. The van der Waals surface area contributed by atoms with Crippen molar-refractivity contribution in [2.24, 2.45) is 0 Å². The summed E-state index contributed by atoms with van der Waals surface area (Å²) < 4.78 is 18.3. The fourth-order valence-corrected chi connectivity index (χ4v) is 5.49. The van der Waals surface area contributed by atoms with Crippen LogP contribution in [0.25, 0.3) is 27.8 Å². The van der Waals surface area contributed by atoms with E-state index in [0.29, 0.717) is 21.2 Å². The molecular weight excluding hydrogens is 796 g/mol. The van der Waals surface area contributed by atoms with Crippen LogP contribution in [0.5, 0.6) is 0 Å². The van der Waals surface area contributed by atoms with Gasteiger partial charge in [0, 0.05) is 54.4 Å². The molecule has 1 saturated heterocycles. The summed E-state index contributed by atoms with van der Waals surface area (Å²) in [7, 11) is -0.392. The number of hydrogen-bond donors (Lipinski definition) is 0. The predicted molar refractivity (Wildman–Crippen MR) is 200 cm³/mol. The second-order valence-electron chi connectivity index (χ2n) is 11.8. The van der Waals surface area contributed by atoms with Gasteiger partial charge < -0.3 is 9.31 Å². The van der Waals surface area contributed by atoms with Crippen LogP contribution in [-0.4, -0.2) is 82.1 Å². The zero-order valence-electron chi connectivity index (χ0n) is 28.0. The highest BCUT2D eigenvalue weighted by Crippen LogP contribution is 2.36. The third-order valence-corrected chi connectivity index (χ3v) is 9.08. The van der Waals surface area contributed by atoms with Gasteiger partial charge in [-0.05, 0) is 43.6 Å². The van der Waals surface area contributed by atoms with E-state index in [0.717, 1.165) is 32.0 Å². The lowest BCUT2D eigenvalue weighted by Crippen LogP contribution is -2.41. The number of nitrogens with zero attached hydrogens (tertiary/aromatic N) is 13. The summed E-state index contributed by atoms with van der Waals surface area (Å²) >= 11 is 19.9. The molecule has 0 amide bonds. The van der Waals surface area contributed by atoms with E-state index in [4.69, 9.17) is 44.1 Å². The molecule has 9 rings (SSSR count). The Morgan fingerprint density at radius 1 is 0.558 bits per heavy atom. The fraction of sp³-hybridized carbons (Fsp3) is 0.188. The monoisotopic (exact) mass is 821 g/mol. The van der Waals surface area contributed by atoms with E-state index < -0.39 is 7.12 Å². The molecule has 0 aromatic carbocycles. The van der Waals surface area contributed by atoms with Crippen LogP contribution in [0.2, 0.25) is 15.5 Å². The van der Waals surface area contributed by atoms with Crippen molar-refractivity contribution in [1.29, 1.82) is 0 Å². The van der Waals surface area contributed by atoms with E-state index in [1.165, 1.54) is 18.6 Å². The summed E-state index contributed by atoms with van der Waals surface area (Å²) in [6.07, 6.45) is 27.0. The van der Waals surface area contributed by atoms with Gasteiger partial charge in [-0.15, -0.1) is 0 Å². The Morgan fingerprint density at radius 2 is 1.04 bits per heavy atom. The SMILES string of the molecule is Brc1cnn2ccncc12.CC1(C)OB(c2cnn3ccncc23)OC1(C)C.Clc1cncc(-c2cnn3ccncc23)n1.Clc1cncc(Cl)n1. The molecule has 1 aliphatic rings. The summed E-state index contributed by atoms with van der Waals surface area (Å²) in [5.74, 6) is 0. The molecule has 8 aromatic rings. The van der Waals surface area contributed by atoms with Crippen molar-refractivity contribution in [3.8, 4) is 11.3 Å². The molecule has 0 radical (unpaired) electrons. The normalized spacial score (nSPS) is 14.3. The first-order valence-electron chi connectivity index (χ1n) is 15.4. The molecule has 264 valence electrons. The Kier molecular flexibility index (Phi) is 11.4. The third kappa shape index (κ3) is 8.52. The maximum atomic E-state index is 6.01. The molecule has 0 saturated carbocycles. The van der Waals surface area contributed by atoms with E-state index in [9.17, 15) is 0 Å². The highest BCUT2D eigenvalue weighted by molar-refractivity contribution is 9.10. The van der Waals surface area contributed by atoms with Gasteiger partial charge in [-0.1, -0.05) is 34.8 Å². The third-order valence-electron chi connectivity index (χ3n) is 7.92. The van der Waals surface area contributed by atoms with Crippen LogP contribution < -0.4 is 5.46 Å². The van der Waals surface area contributed by atoms with Gasteiger partial charge in [0.2, 0.25) is 0 Å². The van der Waals surface area contributed by atoms with Crippen molar-refractivity contribution in [2.45, 2.75) is 38.9 Å². The number of hydrogen-bond acceptors (Lipinski definition) is 12. The van der Waals surface area contributed by atoms with Gasteiger partial charge in [-0.25, -0.2) is 23.5 Å². The molecule has 0 spiro atoms. The van der Waals surface area contributed by atoms with Crippen molar-refractivity contribution < 1.29 is 9.31 Å². The maximum Gasteiger partial charge on any atom is 0.498 e. The van der Waals surface area contributed by atoms with Gasteiger partial charge in [-0.2, -0.15) is 15.3 Å².